The van der Waals surface area contributed by atoms with Crippen molar-refractivity contribution in [2.75, 3.05) is 40.8 Å². The maximum atomic E-state index is 5.15. The molecule has 0 spiro atoms. The van der Waals surface area contributed by atoms with Crippen LogP contribution in [-0.4, -0.2) is 40.8 Å². The van der Waals surface area contributed by atoms with Crippen molar-refractivity contribution in [1.29, 1.82) is 0 Å². The molecule has 4 heteroatoms. The zero-order valence-electron chi connectivity index (χ0n) is 7.35. The van der Waals surface area contributed by atoms with E-state index in [2.05, 4.69) is 10.6 Å². The molecule has 68 valence electrons. The summed E-state index contributed by atoms with van der Waals surface area (Å²) in [7, 11) is 3.72. The van der Waals surface area contributed by atoms with Gasteiger partial charge in [0, 0.05) is 0 Å². The Morgan fingerprint density at radius 3 is 1.73 bits per heavy atom. The molecular formula is C7H18N2O2. The van der Waals surface area contributed by atoms with E-state index in [9.17, 15) is 0 Å². The maximum absolute atomic E-state index is 5.15. The fraction of sp³-hybridized carbons (Fsp3) is 1.00. The zero-order valence-corrected chi connectivity index (χ0v) is 7.35. The van der Waals surface area contributed by atoms with E-state index in [0.717, 1.165) is 19.6 Å². The van der Waals surface area contributed by atoms with Crippen LogP contribution in [-0.2, 0) is 9.47 Å². The summed E-state index contributed by atoms with van der Waals surface area (Å²) >= 11 is 0. The topological polar surface area (TPSA) is 42.5 Å². The van der Waals surface area contributed by atoms with Gasteiger partial charge in [-0.05, 0) is 20.5 Å². The van der Waals surface area contributed by atoms with Gasteiger partial charge in [0.2, 0.25) is 0 Å². The molecule has 0 aromatic rings. The van der Waals surface area contributed by atoms with Gasteiger partial charge < -0.3 is 9.47 Å². The van der Waals surface area contributed by atoms with Crippen LogP contribution in [0.3, 0.4) is 0 Å². The van der Waals surface area contributed by atoms with Gasteiger partial charge in [-0.15, -0.1) is 0 Å². The van der Waals surface area contributed by atoms with Gasteiger partial charge in [-0.1, -0.05) is 0 Å². The van der Waals surface area contributed by atoms with Crippen LogP contribution >= 0.6 is 0 Å². The Balaban J connectivity index is 2.69. The summed E-state index contributed by atoms with van der Waals surface area (Å²) in [5.74, 6) is 0. The number of hydrogen-bond acceptors (Lipinski definition) is 4. The summed E-state index contributed by atoms with van der Waals surface area (Å²) in [5, 5.41) is 5.79. The average Bonchev–Trinajstić information content (AvgIpc) is 2.03. The van der Waals surface area contributed by atoms with Crippen molar-refractivity contribution in [2.24, 2.45) is 0 Å². The second-order valence-electron chi connectivity index (χ2n) is 2.17. The zero-order chi connectivity index (χ0) is 8.36. The molecule has 0 aromatic heterocycles. The standard InChI is InChI=1S/C7H18N2O2/c1-8-6-10-4-3-5-11-7-9-2/h8-9H,3-7H2,1-2H3. The molecule has 0 aliphatic rings. The highest BCUT2D eigenvalue weighted by Crippen LogP contribution is 1.82. The quantitative estimate of drug-likeness (QED) is 0.382. The lowest BCUT2D eigenvalue weighted by molar-refractivity contribution is 0.0724. The molecule has 0 saturated heterocycles. The van der Waals surface area contributed by atoms with E-state index >= 15 is 0 Å². The van der Waals surface area contributed by atoms with E-state index in [0.29, 0.717) is 13.5 Å². The van der Waals surface area contributed by atoms with Crippen LogP contribution in [0.4, 0.5) is 0 Å². The van der Waals surface area contributed by atoms with Crippen molar-refractivity contribution in [2.45, 2.75) is 6.42 Å². The molecule has 0 aliphatic heterocycles. The Morgan fingerprint density at radius 2 is 1.36 bits per heavy atom. The van der Waals surface area contributed by atoms with Crippen LogP contribution in [0, 0.1) is 0 Å². The average molecular weight is 162 g/mol. The molecule has 0 aliphatic carbocycles. The van der Waals surface area contributed by atoms with Crippen molar-refractivity contribution in [3.05, 3.63) is 0 Å². The highest BCUT2D eigenvalue weighted by atomic mass is 16.5. The van der Waals surface area contributed by atoms with E-state index in [1.807, 2.05) is 14.1 Å². The van der Waals surface area contributed by atoms with Crippen LogP contribution in [0.5, 0.6) is 0 Å². The molecule has 4 nitrogen and oxygen atoms in total. The molecule has 0 unspecified atom stereocenters. The third-order valence-electron chi connectivity index (χ3n) is 1.07. The number of nitrogens with one attached hydrogen (secondary N) is 2. The maximum Gasteiger partial charge on any atom is 0.0962 e. The van der Waals surface area contributed by atoms with E-state index in [4.69, 9.17) is 9.47 Å². The van der Waals surface area contributed by atoms with Crippen LogP contribution in [0.2, 0.25) is 0 Å². The molecule has 0 aromatic carbocycles. The third kappa shape index (κ3) is 9.84. The van der Waals surface area contributed by atoms with Gasteiger partial charge in [0.05, 0.1) is 26.7 Å². The molecule has 0 amide bonds. The van der Waals surface area contributed by atoms with E-state index in [1.54, 1.807) is 0 Å². The van der Waals surface area contributed by atoms with Gasteiger partial charge in [-0.3, -0.25) is 10.6 Å². The predicted molar refractivity (Wildman–Crippen MR) is 44.4 cm³/mol. The van der Waals surface area contributed by atoms with Crippen LogP contribution in [0.25, 0.3) is 0 Å². The summed E-state index contributed by atoms with van der Waals surface area (Å²) < 4.78 is 10.3. The summed E-state index contributed by atoms with van der Waals surface area (Å²) in [5.41, 5.74) is 0. The Kier molecular flexibility index (Phi) is 9.70. The van der Waals surface area contributed by atoms with Crippen molar-refractivity contribution in [3.63, 3.8) is 0 Å². The first-order chi connectivity index (χ1) is 5.41. The molecule has 2 N–H and O–H groups in total. The molecule has 0 atom stereocenters. The van der Waals surface area contributed by atoms with E-state index in [1.165, 1.54) is 0 Å². The second-order valence-corrected chi connectivity index (χ2v) is 2.17. The molecule has 0 fully saturated rings. The van der Waals surface area contributed by atoms with Gasteiger partial charge in [0.25, 0.3) is 0 Å². The molecule has 0 rings (SSSR count). The third-order valence-corrected chi connectivity index (χ3v) is 1.07. The Morgan fingerprint density at radius 1 is 0.909 bits per heavy atom. The van der Waals surface area contributed by atoms with Gasteiger partial charge in [-0.2, -0.15) is 0 Å². The SMILES string of the molecule is CNCOCCCOCNC. The van der Waals surface area contributed by atoms with E-state index < -0.39 is 0 Å². The highest BCUT2D eigenvalue weighted by molar-refractivity contribution is 4.33. The fourth-order valence-electron chi connectivity index (χ4n) is 0.612. The first-order valence-corrected chi connectivity index (χ1v) is 3.86. The summed E-state index contributed by atoms with van der Waals surface area (Å²) in [6.07, 6.45) is 0.948. The second kappa shape index (κ2) is 9.84. The first-order valence-electron chi connectivity index (χ1n) is 3.86. The fourth-order valence-corrected chi connectivity index (χ4v) is 0.612. The minimum Gasteiger partial charge on any atom is -0.366 e. The Bertz CT molecular complexity index is 63.5. The monoisotopic (exact) mass is 162 g/mol. The van der Waals surface area contributed by atoms with Gasteiger partial charge in [0.15, 0.2) is 0 Å². The molecule has 11 heavy (non-hydrogen) atoms. The lowest BCUT2D eigenvalue weighted by Gasteiger charge is -2.03. The first kappa shape index (κ1) is 10.8. The smallest absolute Gasteiger partial charge is 0.0962 e. The van der Waals surface area contributed by atoms with E-state index in [-0.39, 0.29) is 0 Å². The Labute approximate surface area is 68.3 Å². The van der Waals surface area contributed by atoms with Crippen LogP contribution in [0.15, 0.2) is 0 Å². The van der Waals surface area contributed by atoms with Crippen molar-refractivity contribution in [1.82, 2.24) is 10.6 Å². The van der Waals surface area contributed by atoms with Gasteiger partial charge in [-0.25, -0.2) is 0 Å². The van der Waals surface area contributed by atoms with Crippen molar-refractivity contribution in [3.8, 4) is 0 Å². The molecule has 0 saturated carbocycles. The lowest BCUT2D eigenvalue weighted by Crippen LogP contribution is -2.15. The molecule has 0 radical (unpaired) electrons. The van der Waals surface area contributed by atoms with Crippen molar-refractivity contribution < 1.29 is 9.47 Å². The summed E-state index contributed by atoms with van der Waals surface area (Å²) in [6.45, 7) is 2.74. The highest BCUT2D eigenvalue weighted by Gasteiger charge is 1.87. The Hall–Kier alpha value is -0.160. The summed E-state index contributed by atoms with van der Waals surface area (Å²) in [6, 6.07) is 0. The predicted octanol–water partition coefficient (Wildman–Crippen LogP) is -0.236. The number of hydrogen-bond donors (Lipinski definition) is 2. The number of ether oxygens (including phenoxy) is 2. The number of rotatable bonds is 8. The van der Waals surface area contributed by atoms with Crippen molar-refractivity contribution >= 4 is 0 Å². The molecule has 0 heterocycles. The minimum atomic E-state index is 0.617. The molecular weight excluding hydrogens is 144 g/mol. The largest absolute Gasteiger partial charge is 0.366 e. The van der Waals surface area contributed by atoms with Crippen LogP contribution < -0.4 is 10.6 Å². The normalized spacial score (nSPS) is 10.4. The van der Waals surface area contributed by atoms with Gasteiger partial charge >= 0.3 is 0 Å². The minimum absolute atomic E-state index is 0.617. The molecule has 0 bridgehead atoms. The van der Waals surface area contributed by atoms with Crippen LogP contribution in [0.1, 0.15) is 6.42 Å². The lowest BCUT2D eigenvalue weighted by atomic mass is 10.5. The summed E-state index contributed by atoms with van der Waals surface area (Å²) in [4.78, 5) is 0. The van der Waals surface area contributed by atoms with Gasteiger partial charge in [0.1, 0.15) is 0 Å².